The highest BCUT2D eigenvalue weighted by atomic mass is 35.5. The van der Waals surface area contributed by atoms with Crippen LogP contribution in [-0.2, 0) is 9.53 Å². The van der Waals surface area contributed by atoms with Gasteiger partial charge < -0.3 is 10.1 Å². The molecule has 0 spiro atoms. The van der Waals surface area contributed by atoms with Crippen molar-refractivity contribution in [2.24, 2.45) is 0 Å². The average Bonchev–Trinajstić information content (AvgIpc) is 2.28. The van der Waals surface area contributed by atoms with E-state index in [2.05, 4.69) is 5.32 Å². The summed E-state index contributed by atoms with van der Waals surface area (Å²) in [6.07, 6.45) is 3.16. The number of hydrogen-bond acceptors (Lipinski definition) is 2. The molecule has 1 N–H and O–H groups in total. The van der Waals surface area contributed by atoms with Gasteiger partial charge in [-0.3, -0.25) is 4.79 Å². The van der Waals surface area contributed by atoms with E-state index in [4.69, 9.17) is 16.3 Å². The predicted octanol–water partition coefficient (Wildman–Crippen LogP) is 2.50. The largest absolute Gasteiger partial charge is 0.383 e. The molecule has 0 fully saturated rings. The third-order valence-electron chi connectivity index (χ3n) is 2.12. The SMILES string of the molecule is COC[C@@H](C)NC(=O)/C=C/c1ccccc1Cl. The van der Waals surface area contributed by atoms with E-state index in [1.54, 1.807) is 19.3 Å². The van der Waals surface area contributed by atoms with Gasteiger partial charge in [0.2, 0.25) is 5.91 Å². The van der Waals surface area contributed by atoms with Gasteiger partial charge in [0.1, 0.15) is 0 Å². The molecule has 0 radical (unpaired) electrons. The molecule has 92 valence electrons. The van der Waals surface area contributed by atoms with E-state index in [0.717, 1.165) is 5.56 Å². The molecule has 0 heterocycles. The molecule has 0 saturated carbocycles. The van der Waals surface area contributed by atoms with E-state index in [9.17, 15) is 4.79 Å². The van der Waals surface area contributed by atoms with Crippen molar-refractivity contribution < 1.29 is 9.53 Å². The molecule has 1 aromatic rings. The van der Waals surface area contributed by atoms with Gasteiger partial charge in [-0.25, -0.2) is 0 Å². The second kappa shape index (κ2) is 7.09. The summed E-state index contributed by atoms with van der Waals surface area (Å²) >= 11 is 5.96. The number of rotatable bonds is 5. The molecule has 0 aromatic heterocycles. The highest BCUT2D eigenvalue weighted by Crippen LogP contribution is 2.15. The fourth-order valence-corrected chi connectivity index (χ4v) is 1.56. The first-order valence-corrected chi connectivity index (χ1v) is 5.73. The molecule has 1 rings (SSSR count). The van der Waals surface area contributed by atoms with Crippen molar-refractivity contribution in [1.29, 1.82) is 0 Å². The Balaban J connectivity index is 2.54. The van der Waals surface area contributed by atoms with Crippen LogP contribution in [0.1, 0.15) is 12.5 Å². The van der Waals surface area contributed by atoms with E-state index in [1.807, 2.05) is 25.1 Å². The Morgan fingerprint density at radius 2 is 2.24 bits per heavy atom. The van der Waals surface area contributed by atoms with Crippen molar-refractivity contribution in [2.45, 2.75) is 13.0 Å². The van der Waals surface area contributed by atoms with Gasteiger partial charge in [0.15, 0.2) is 0 Å². The van der Waals surface area contributed by atoms with E-state index in [-0.39, 0.29) is 11.9 Å². The zero-order valence-electron chi connectivity index (χ0n) is 9.94. The van der Waals surface area contributed by atoms with E-state index in [0.29, 0.717) is 11.6 Å². The Morgan fingerprint density at radius 3 is 2.88 bits per heavy atom. The molecular weight excluding hydrogens is 238 g/mol. The Hall–Kier alpha value is -1.32. The van der Waals surface area contributed by atoms with Crippen molar-refractivity contribution in [2.75, 3.05) is 13.7 Å². The Morgan fingerprint density at radius 1 is 1.53 bits per heavy atom. The number of carbonyl (C=O) groups is 1. The molecule has 0 saturated heterocycles. The quantitative estimate of drug-likeness (QED) is 0.819. The smallest absolute Gasteiger partial charge is 0.244 e. The summed E-state index contributed by atoms with van der Waals surface area (Å²) in [5, 5.41) is 3.40. The highest BCUT2D eigenvalue weighted by Gasteiger charge is 2.03. The van der Waals surface area contributed by atoms with E-state index < -0.39 is 0 Å². The second-order valence-corrected chi connectivity index (χ2v) is 4.13. The summed E-state index contributed by atoms with van der Waals surface area (Å²) in [7, 11) is 1.60. The normalized spacial score (nSPS) is 12.6. The summed E-state index contributed by atoms with van der Waals surface area (Å²) < 4.78 is 4.93. The maximum absolute atomic E-state index is 11.5. The standard InChI is InChI=1S/C13H16ClNO2/c1-10(9-17-2)15-13(16)8-7-11-5-3-4-6-12(11)14/h3-8,10H,9H2,1-2H3,(H,15,16)/b8-7+/t10-/m1/s1. The number of amides is 1. The Labute approximate surface area is 106 Å². The lowest BCUT2D eigenvalue weighted by Crippen LogP contribution is -2.34. The number of nitrogens with one attached hydrogen (secondary N) is 1. The first kappa shape index (κ1) is 13.7. The molecule has 1 atom stereocenters. The highest BCUT2D eigenvalue weighted by molar-refractivity contribution is 6.32. The van der Waals surface area contributed by atoms with Gasteiger partial charge >= 0.3 is 0 Å². The predicted molar refractivity (Wildman–Crippen MR) is 70.0 cm³/mol. The Kier molecular flexibility index (Phi) is 5.73. The average molecular weight is 254 g/mol. The molecule has 1 aromatic carbocycles. The molecule has 0 unspecified atom stereocenters. The van der Waals surface area contributed by atoms with Crippen LogP contribution in [0.25, 0.3) is 6.08 Å². The van der Waals surface area contributed by atoms with E-state index in [1.165, 1.54) is 6.08 Å². The van der Waals surface area contributed by atoms with Gasteiger partial charge in [-0.1, -0.05) is 29.8 Å². The zero-order valence-corrected chi connectivity index (χ0v) is 10.7. The van der Waals surface area contributed by atoms with Gasteiger partial charge in [-0.2, -0.15) is 0 Å². The number of benzene rings is 1. The third kappa shape index (κ3) is 5.02. The topological polar surface area (TPSA) is 38.3 Å². The summed E-state index contributed by atoms with van der Waals surface area (Å²) in [5.41, 5.74) is 0.823. The van der Waals surface area contributed by atoms with E-state index >= 15 is 0 Å². The molecule has 4 heteroatoms. The molecule has 0 aliphatic carbocycles. The molecule has 17 heavy (non-hydrogen) atoms. The van der Waals surface area contributed by atoms with Gasteiger partial charge in [-0.15, -0.1) is 0 Å². The minimum atomic E-state index is -0.158. The van der Waals surface area contributed by atoms with Crippen LogP contribution in [-0.4, -0.2) is 25.7 Å². The minimum absolute atomic E-state index is 0.0107. The Bertz CT molecular complexity index is 404. The summed E-state index contributed by atoms with van der Waals surface area (Å²) in [4.78, 5) is 11.5. The summed E-state index contributed by atoms with van der Waals surface area (Å²) in [5.74, 6) is -0.158. The summed E-state index contributed by atoms with van der Waals surface area (Å²) in [6.45, 7) is 2.37. The van der Waals surface area contributed by atoms with Crippen LogP contribution in [0.4, 0.5) is 0 Å². The molecule has 0 bridgehead atoms. The summed E-state index contributed by atoms with van der Waals surface area (Å²) in [6, 6.07) is 7.35. The molecule has 3 nitrogen and oxygen atoms in total. The molecule has 0 aliphatic heterocycles. The number of halogens is 1. The maximum atomic E-state index is 11.5. The first-order valence-electron chi connectivity index (χ1n) is 5.35. The lowest BCUT2D eigenvalue weighted by Gasteiger charge is -2.10. The number of ether oxygens (including phenoxy) is 1. The lowest BCUT2D eigenvalue weighted by atomic mass is 10.2. The van der Waals surface area contributed by atoms with Crippen molar-refractivity contribution >= 4 is 23.6 Å². The van der Waals surface area contributed by atoms with Gasteiger partial charge in [-0.05, 0) is 24.6 Å². The lowest BCUT2D eigenvalue weighted by molar-refractivity contribution is -0.117. The molecular formula is C13H16ClNO2. The first-order chi connectivity index (χ1) is 8.13. The fraction of sp³-hybridized carbons (Fsp3) is 0.308. The fourth-order valence-electron chi connectivity index (χ4n) is 1.36. The van der Waals surface area contributed by atoms with Crippen LogP contribution in [0, 0.1) is 0 Å². The van der Waals surface area contributed by atoms with Gasteiger partial charge in [0.25, 0.3) is 0 Å². The molecule has 0 aliphatic rings. The van der Waals surface area contributed by atoms with Crippen molar-refractivity contribution in [3.63, 3.8) is 0 Å². The number of hydrogen-bond donors (Lipinski definition) is 1. The van der Waals surface area contributed by atoms with Crippen molar-refractivity contribution in [3.05, 3.63) is 40.9 Å². The van der Waals surface area contributed by atoms with Crippen LogP contribution in [0.2, 0.25) is 5.02 Å². The van der Waals surface area contributed by atoms with Crippen LogP contribution in [0.3, 0.4) is 0 Å². The van der Waals surface area contributed by atoms with Gasteiger partial charge in [0, 0.05) is 24.3 Å². The maximum Gasteiger partial charge on any atom is 0.244 e. The van der Waals surface area contributed by atoms with Crippen LogP contribution < -0.4 is 5.32 Å². The zero-order chi connectivity index (χ0) is 12.7. The minimum Gasteiger partial charge on any atom is -0.383 e. The van der Waals surface area contributed by atoms with Crippen LogP contribution in [0.5, 0.6) is 0 Å². The monoisotopic (exact) mass is 253 g/mol. The number of methoxy groups -OCH3 is 1. The van der Waals surface area contributed by atoms with Crippen molar-refractivity contribution in [1.82, 2.24) is 5.32 Å². The van der Waals surface area contributed by atoms with Crippen LogP contribution in [0.15, 0.2) is 30.3 Å². The van der Waals surface area contributed by atoms with Crippen LogP contribution >= 0.6 is 11.6 Å². The molecule has 1 amide bonds. The van der Waals surface area contributed by atoms with Gasteiger partial charge in [0.05, 0.1) is 6.61 Å². The second-order valence-electron chi connectivity index (χ2n) is 3.72. The third-order valence-corrected chi connectivity index (χ3v) is 2.47. The number of carbonyl (C=O) groups excluding carboxylic acids is 1. The van der Waals surface area contributed by atoms with Crippen molar-refractivity contribution in [3.8, 4) is 0 Å².